The van der Waals surface area contributed by atoms with E-state index in [0.29, 0.717) is 5.56 Å². The first-order valence-electron chi connectivity index (χ1n) is 6.75. The Morgan fingerprint density at radius 3 is 2.52 bits per heavy atom. The Kier molecular flexibility index (Phi) is 5.42. The molecule has 0 radical (unpaired) electrons. The van der Waals surface area contributed by atoms with E-state index in [9.17, 15) is 9.90 Å². The Morgan fingerprint density at radius 2 is 1.90 bits per heavy atom. The fraction of sp³-hybridized carbons (Fsp3) is 0.235. The molecule has 1 atom stereocenters. The summed E-state index contributed by atoms with van der Waals surface area (Å²) >= 11 is 1.50. The zero-order valence-corrected chi connectivity index (χ0v) is 12.9. The number of benzene rings is 2. The van der Waals surface area contributed by atoms with Gasteiger partial charge in [0.1, 0.15) is 0 Å². The summed E-state index contributed by atoms with van der Waals surface area (Å²) in [5, 5.41) is 10.1. The lowest BCUT2D eigenvalue weighted by Crippen LogP contribution is -2.16. The summed E-state index contributed by atoms with van der Waals surface area (Å²) < 4.78 is 4.87. The van der Waals surface area contributed by atoms with E-state index in [2.05, 4.69) is 0 Å². The first kappa shape index (κ1) is 15.6. The van der Waals surface area contributed by atoms with Crippen LogP contribution in [0.5, 0.6) is 0 Å². The van der Waals surface area contributed by atoms with Crippen molar-refractivity contribution in [1.29, 1.82) is 0 Å². The number of aliphatic hydroxyl groups excluding tert-OH is 1. The van der Waals surface area contributed by atoms with E-state index in [1.54, 1.807) is 13.0 Å². The summed E-state index contributed by atoms with van der Waals surface area (Å²) in [6.45, 7) is 1.98. The van der Waals surface area contributed by atoms with Crippen molar-refractivity contribution in [3.63, 3.8) is 0 Å². The van der Waals surface area contributed by atoms with Crippen LogP contribution in [-0.4, -0.2) is 23.9 Å². The maximum absolute atomic E-state index is 11.7. The number of carbonyl (C=O) groups excluding carboxylic acids is 1. The van der Waals surface area contributed by atoms with Crippen LogP contribution < -0.4 is 0 Å². The molecular weight excluding hydrogens is 284 g/mol. The number of rotatable bonds is 5. The van der Waals surface area contributed by atoms with E-state index in [4.69, 9.17) is 4.74 Å². The zero-order valence-electron chi connectivity index (χ0n) is 12.1. The fourth-order valence-corrected chi connectivity index (χ4v) is 2.76. The molecule has 0 saturated heterocycles. The summed E-state index contributed by atoms with van der Waals surface area (Å²) in [6.07, 6.45) is 0.683. The Hall–Kier alpha value is -1.78. The van der Waals surface area contributed by atoms with Crippen LogP contribution in [0.15, 0.2) is 53.4 Å². The average molecular weight is 302 g/mol. The molecular formula is C17H18O3S. The van der Waals surface area contributed by atoms with Crippen molar-refractivity contribution >= 4 is 17.7 Å². The van der Waals surface area contributed by atoms with Gasteiger partial charge in [0.2, 0.25) is 0 Å². The standard InChI is InChI=1S/C17H18O3S/c1-3-20-17(19)16(18)14-10-9-13(11-15(14)21-2)12-7-5-4-6-8-12/h4-11,16,18H,3H2,1-2H3. The minimum atomic E-state index is -1.24. The van der Waals surface area contributed by atoms with Gasteiger partial charge in [-0.1, -0.05) is 42.5 Å². The number of thioether (sulfide) groups is 1. The van der Waals surface area contributed by atoms with E-state index < -0.39 is 12.1 Å². The number of carbonyl (C=O) groups is 1. The third kappa shape index (κ3) is 3.65. The van der Waals surface area contributed by atoms with Gasteiger partial charge in [0.15, 0.2) is 6.10 Å². The van der Waals surface area contributed by atoms with E-state index in [-0.39, 0.29) is 6.61 Å². The predicted molar refractivity (Wildman–Crippen MR) is 85.3 cm³/mol. The van der Waals surface area contributed by atoms with Gasteiger partial charge >= 0.3 is 5.97 Å². The highest BCUT2D eigenvalue weighted by molar-refractivity contribution is 7.98. The molecule has 0 aliphatic heterocycles. The van der Waals surface area contributed by atoms with Crippen LogP contribution in [0, 0.1) is 0 Å². The molecule has 0 heterocycles. The molecule has 0 fully saturated rings. The van der Waals surface area contributed by atoms with Gasteiger partial charge in [-0.25, -0.2) is 4.79 Å². The second-order valence-corrected chi connectivity index (χ2v) is 5.33. The van der Waals surface area contributed by atoms with E-state index in [1.807, 2.05) is 48.7 Å². The van der Waals surface area contributed by atoms with Gasteiger partial charge < -0.3 is 9.84 Å². The zero-order chi connectivity index (χ0) is 15.2. The molecule has 0 aliphatic rings. The normalized spacial score (nSPS) is 12.0. The monoisotopic (exact) mass is 302 g/mol. The molecule has 1 N–H and O–H groups in total. The maximum Gasteiger partial charge on any atom is 0.339 e. The third-order valence-electron chi connectivity index (χ3n) is 3.15. The summed E-state index contributed by atoms with van der Waals surface area (Å²) in [5.74, 6) is -0.611. The molecule has 2 rings (SSSR count). The van der Waals surface area contributed by atoms with Crippen LogP contribution in [0.1, 0.15) is 18.6 Å². The van der Waals surface area contributed by atoms with Gasteiger partial charge in [-0.05, 0) is 30.4 Å². The number of hydrogen-bond donors (Lipinski definition) is 1. The smallest absolute Gasteiger partial charge is 0.339 e. The molecule has 1 unspecified atom stereocenters. The molecule has 110 valence electrons. The number of ether oxygens (including phenoxy) is 1. The lowest BCUT2D eigenvalue weighted by molar-refractivity contribution is -0.153. The SMILES string of the molecule is CCOC(=O)C(O)c1ccc(-c2ccccc2)cc1SC. The minimum absolute atomic E-state index is 0.257. The minimum Gasteiger partial charge on any atom is -0.464 e. The van der Waals surface area contributed by atoms with Crippen molar-refractivity contribution in [3.8, 4) is 11.1 Å². The van der Waals surface area contributed by atoms with Crippen LogP contribution in [0.2, 0.25) is 0 Å². The maximum atomic E-state index is 11.7. The van der Waals surface area contributed by atoms with Crippen molar-refractivity contribution in [2.75, 3.05) is 12.9 Å². The van der Waals surface area contributed by atoms with E-state index >= 15 is 0 Å². The number of esters is 1. The Labute approximate surface area is 129 Å². The van der Waals surface area contributed by atoms with Gasteiger partial charge in [0, 0.05) is 10.5 Å². The van der Waals surface area contributed by atoms with Crippen molar-refractivity contribution in [1.82, 2.24) is 0 Å². The Balaban J connectivity index is 2.35. The first-order valence-corrected chi connectivity index (χ1v) is 7.98. The van der Waals surface area contributed by atoms with Crippen LogP contribution in [0.3, 0.4) is 0 Å². The van der Waals surface area contributed by atoms with Gasteiger partial charge in [-0.15, -0.1) is 11.8 Å². The van der Waals surface area contributed by atoms with Crippen LogP contribution in [0.4, 0.5) is 0 Å². The molecule has 2 aromatic carbocycles. The predicted octanol–water partition coefficient (Wildman–Crippen LogP) is 3.67. The molecule has 0 amide bonds. The summed E-state index contributed by atoms with van der Waals surface area (Å²) in [7, 11) is 0. The van der Waals surface area contributed by atoms with Crippen molar-refractivity contribution in [2.24, 2.45) is 0 Å². The summed E-state index contributed by atoms with van der Waals surface area (Å²) in [6, 6.07) is 15.7. The molecule has 0 aromatic heterocycles. The highest BCUT2D eigenvalue weighted by Crippen LogP contribution is 2.31. The highest BCUT2D eigenvalue weighted by atomic mass is 32.2. The highest BCUT2D eigenvalue weighted by Gasteiger charge is 2.21. The van der Waals surface area contributed by atoms with Gasteiger partial charge in [0.25, 0.3) is 0 Å². The van der Waals surface area contributed by atoms with E-state index in [0.717, 1.165) is 16.0 Å². The third-order valence-corrected chi connectivity index (χ3v) is 3.94. The van der Waals surface area contributed by atoms with Crippen molar-refractivity contribution < 1.29 is 14.6 Å². The van der Waals surface area contributed by atoms with Crippen LogP contribution in [-0.2, 0) is 9.53 Å². The lowest BCUT2D eigenvalue weighted by atomic mass is 10.0. The average Bonchev–Trinajstić information content (AvgIpc) is 2.54. The molecule has 0 saturated carbocycles. The molecule has 0 aliphatic carbocycles. The van der Waals surface area contributed by atoms with E-state index in [1.165, 1.54) is 11.8 Å². The van der Waals surface area contributed by atoms with Crippen molar-refractivity contribution in [2.45, 2.75) is 17.9 Å². The Morgan fingerprint density at radius 1 is 1.19 bits per heavy atom. The Bertz CT molecular complexity index is 611. The largest absolute Gasteiger partial charge is 0.464 e. The van der Waals surface area contributed by atoms with Crippen LogP contribution in [0.25, 0.3) is 11.1 Å². The molecule has 0 bridgehead atoms. The molecule has 3 nitrogen and oxygen atoms in total. The van der Waals surface area contributed by atoms with Gasteiger partial charge in [-0.3, -0.25) is 0 Å². The first-order chi connectivity index (χ1) is 10.2. The molecule has 0 spiro atoms. The number of aliphatic hydroxyl groups is 1. The second-order valence-electron chi connectivity index (χ2n) is 4.48. The topological polar surface area (TPSA) is 46.5 Å². The van der Waals surface area contributed by atoms with Crippen molar-refractivity contribution in [3.05, 3.63) is 54.1 Å². The van der Waals surface area contributed by atoms with Crippen LogP contribution >= 0.6 is 11.8 Å². The van der Waals surface area contributed by atoms with Gasteiger partial charge in [0.05, 0.1) is 6.61 Å². The molecule has 21 heavy (non-hydrogen) atoms. The summed E-state index contributed by atoms with van der Waals surface area (Å²) in [4.78, 5) is 12.6. The second kappa shape index (κ2) is 7.29. The number of hydrogen-bond acceptors (Lipinski definition) is 4. The fourth-order valence-electron chi connectivity index (χ4n) is 2.10. The molecule has 4 heteroatoms. The summed E-state index contributed by atoms with van der Waals surface area (Å²) in [5.41, 5.74) is 2.74. The quantitative estimate of drug-likeness (QED) is 0.676. The molecule has 2 aromatic rings. The lowest BCUT2D eigenvalue weighted by Gasteiger charge is -2.14. The van der Waals surface area contributed by atoms with Gasteiger partial charge in [-0.2, -0.15) is 0 Å².